The molecule has 0 radical (unpaired) electrons. The van der Waals surface area contributed by atoms with E-state index < -0.39 is 16.4 Å². The maximum Gasteiger partial charge on any atom is 0.503 e. The summed E-state index contributed by atoms with van der Waals surface area (Å²) in [4.78, 5) is 11.8. The summed E-state index contributed by atoms with van der Waals surface area (Å²) in [5.41, 5.74) is 0.792. The smallest absolute Gasteiger partial charge is 0.353 e. The Labute approximate surface area is 117 Å². The van der Waals surface area contributed by atoms with Gasteiger partial charge < -0.3 is 8.37 Å². The molecule has 0 bridgehead atoms. The SMILES string of the molecule is Cc1ccccc1C(=O)OS(=O)(=O)Oc1ccccc1. The molecule has 0 atom stereocenters. The molecule has 0 saturated heterocycles. The zero-order chi connectivity index (χ0) is 14.6. The molecule has 2 aromatic carbocycles. The molecule has 0 aliphatic heterocycles. The van der Waals surface area contributed by atoms with E-state index in [9.17, 15) is 13.2 Å². The van der Waals surface area contributed by atoms with Gasteiger partial charge >= 0.3 is 16.4 Å². The van der Waals surface area contributed by atoms with Crippen LogP contribution in [0, 0.1) is 6.92 Å². The molecule has 0 N–H and O–H groups in total. The Morgan fingerprint density at radius 3 is 2.20 bits per heavy atom. The maximum absolute atomic E-state index is 11.8. The summed E-state index contributed by atoms with van der Waals surface area (Å²) < 4.78 is 32.3. The lowest BCUT2D eigenvalue weighted by Gasteiger charge is -2.07. The number of benzene rings is 2. The van der Waals surface area contributed by atoms with Gasteiger partial charge in [-0.3, -0.25) is 0 Å². The molecule has 6 heteroatoms. The van der Waals surface area contributed by atoms with Crippen LogP contribution in [0.2, 0.25) is 0 Å². The molecule has 0 aromatic heterocycles. The van der Waals surface area contributed by atoms with Crippen LogP contribution in [0.1, 0.15) is 15.9 Å². The first kappa shape index (κ1) is 14.1. The fourth-order valence-corrected chi connectivity index (χ4v) is 2.21. The van der Waals surface area contributed by atoms with Gasteiger partial charge in [-0.15, -0.1) is 8.42 Å². The Kier molecular flexibility index (Phi) is 4.05. The third-order valence-corrected chi connectivity index (χ3v) is 3.24. The molecule has 104 valence electrons. The van der Waals surface area contributed by atoms with Crippen molar-refractivity contribution in [2.45, 2.75) is 6.92 Å². The third kappa shape index (κ3) is 3.58. The quantitative estimate of drug-likeness (QED) is 0.865. The van der Waals surface area contributed by atoms with Gasteiger partial charge in [0.1, 0.15) is 5.75 Å². The standard InChI is InChI=1S/C14H12O5S/c1-11-7-5-6-10-13(11)14(15)19-20(16,17)18-12-8-3-2-4-9-12/h2-10H,1H3. The summed E-state index contributed by atoms with van der Waals surface area (Å²) >= 11 is 0. The molecule has 0 aliphatic rings. The second kappa shape index (κ2) is 5.75. The fourth-order valence-electron chi connectivity index (χ4n) is 1.55. The number of carbonyl (C=O) groups excluding carboxylic acids is 1. The van der Waals surface area contributed by atoms with Crippen LogP contribution < -0.4 is 4.18 Å². The van der Waals surface area contributed by atoms with Gasteiger partial charge in [0.05, 0.1) is 5.56 Å². The molecule has 0 amide bonds. The van der Waals surface area contributed by atoms with Gasteiger partial charge in [0.25, 0.3) is 0 Å². The molecular formula is C14H12O5S. The third-order valence-electron chi connectivity index (χ3n) is 2.48. The topological polar surface area (TPSA) is 69.7 Å². The van der Waals surface area contributed by atoms with E-state index in [1.807, 2.05) is 0 Å². The normalized spacial score (nSPS) is 10.8. The molecular weight excluding hydrogens is 280 g/mol. The highest BCUT2D eigenvalue weighted by Gasteiger charge is 2.22. The molecule has 5 nitrogen and oxygen atoms in total. The minimum absolute atomic E-state index is 0.0742. The summed E-state index contributed by atoms with van der Waals surface area (Å²) in [6.45, 7) is 1.68. The van der Waals surface area contributed by atoms with Gasteiger partial charge in [-0.2, -0.15) is 0 Å². The van der Waals surface area contributed by atoms with E-state index in [4.69, 9.17) is 0 Å². The van der Waals surface area contributed by atoms with E-state index in [0.717, 1.165) is 0 Å². The predicted molar refractivity (Wildman–Crippen MR) is 72.6 cm³/mol. The second-order valence-corrected chi connectivity index (χ2v) is 5.14. The summed E-state index contributed by atoms with van der Waals surface area (Å²) in [6.07, 6.45) is 0. The Morgan fingerprint density at radius 1 is 0.950 bits per heavy atom. The first-order valence-electron chi connectivity index (χ1n) is 5.77. The van der Waals surface area contributed by atoms with E-state index >= 15 is 0 Å². The van der Waals surface area contributed by atoms with E-state index in [1.165, 1.54) is 18.2 Å². The molecule has 0 saturated carbocycles. The minimum Gasteiger partial charge on any atom is -0.353 e. The Morgan fingerprint density at radius 2 is 1.55 bits per heavy atom. The summed E-state index contributed by atoms with van der Waals surface area (Å²) in [5.74, 6) is -0.899. The zero-order valence-electron chi connectivity index (χ0n) is 10.6. The number of carbonyl (C=O) groups is 1. The Hall–Kier alpha value is -2.34. The van der Waals surface area contributed by atoms with E-state index in [2.05, 4.69) is 8.37 Å². The monoisotopic (exact) mass is 292 g/mol. The summed E-state index contributed by atoms with van der Waals surface area (Å²) in [7, 11) is -4.45. The zero-order valence-corrected chi connectivity index (χ0v) is 11.5. The Bertz CT molecular complexity index is 707. The number of rotatable bonds is 4. The molecule has 2 rings (SSSR count). The summed E-state index contributed by atoms with van der Waals surface area (Å²) in [5, 5.41) is 0. The summed E-state index contributed by atoms with van der Waals surface area (Å²) in [6, 6.07) is 14.3. The lowest BCUT2D eigenvalue weighted by atomic mass is 10.1. The van der Waals surface area contributed by atoms with Gasteiger partial charge in [-0.25, -0.2) is 4.79 Å². The lowest BCUT2D eigenvalue weighted by Crippen LogP contribution is -2.19. The van der Waals surface area contributed by atoms with Crippen LogP contribution in [0.25, 0.3) is 0 Å². The van der Waals surface area contributed by atoms with Gasteiger partial charge in [0.15, 0.2) is 0 Å². The molecule has 2 aromatic rings. The van der Waals surface area contributed by atoms with E-state index in [0.29, 0.717) is 5.56 Å². The van der Waals surface area contributed by atoms with Crippen LogP contribution in [0.5, 0.6) is 5.75 Å². The van der Waals surface area contributed by atoms with Crippen LogP contribution in [-0.4, -0.2) is 14.4 Å². The van der Waals surface area contributed by atoms with Gasteiger partial charge in [0.2, 0.25) is 0 Å². The van der Waals surface area contributed by atoms with Crippen LogP contribution in [0.15, 0.2) is 54.6 Å². The van der Waals surface area contributed by atoms with Crippen molar-refractivity contribution >= 4 is 16.4 Å². The second-order valence-electron chi connectivity index (χ2n) is 3.99. The first-order chi connectivity index (χ1) is 9.48. The Balaban J connectivity index is 2.13. The van der Waals surface area contributed by atoms with Crippen LogP contribution >= 0.6 is 0 Å². The van der Waals surface area contributed by atoms with Crippen molar-refractivity contribution in [3.8, 4) is 5.75 Å². The number of aryl methyl sites for hydroxylation is 1. The average Bonchev–Trinajstić information content (AvgIpc) is 2.39. The predicted octanol–water partition coefficient (Wildman–Crippen LogP) is 2.48. The van der Waals surface area contributed by atoms with Crippen molar-refractivity contribution in [2.75, 3.05) is 0 Å². The molecule has 0 aliphatic carbocycles. The van der Waals surface area contributed by atoms with Crippen molar-refractivity contribution < 1.29 is 21.6 Å². The maximum atomic E-state index is 11.8. The molecule has 0 spiro atoms. The van der Waals surface area contributed by atoms with Gasteiger partial charge in [-0.05, 0) is 30.7 Å². The van der Waals surface area contributed by atoms with Crippen molar-refractivity contribution in [3.63, 3.8) is 0 Å². The number of hydrogen-bond acceptors (Lipinski definition) is 5. The minimum atomic E-state index is -4.45. The highest BCUT2D eigenvalue weighted by Crippen LogP contribution is 2.15. The van der Waals surface area contributed by atoms with Gasteiger partial charge in [-0.1, -0.05) is 36.4 Å². The van der Waals surface area contributed by atoms with E-state index in [-0.39, 0.29) is 11.3 Å². The first-order valence-corrected chi connectivity index (χ1v) is 7.10. The van der Waals surface area contributed by atoms with Gasteiger partial charge in [0, 0.05) is 0 Å². The van der Waals surface area contributed by atoms with Crippen LogP contribution in [0.3, 0.4) is 0 Å². The van der Waals surface area contributed by atoms with Crippen molar-refractivity contribution in [1.82, 2.24) is 0 Å². The van der Waals surface area contributed by atoms with Crippen molar-refractivity contribution in [2.24, 2.45) is 0 Å². The molecule has 0 heterocycles. The molecule has 0 fully saturated rings. The number of para-hydroxylation sites is 1. The largest absolute Gasteiger partial charge is 0.503 e. The van der Waals surface area contributed by atoms with Crippen molar-refractivity contribution in [1.29, 1.82) is 0 Å². The molecule has 0 unspecified atom stereocenters. The highest BCUT2D eigenvalue weighted by atomic mass is 32.3. The fraction of sp³-hybridized carbons (Fsp3) is 0.0714. The van der Waals surface area contributed by atoms with E-state index in [1.54, 1.807) is 43.3 Å². The lowest BCUT2D eigenvalue weighted by molar-refractivity contribution is 0.0729. The number of hydrogen-bond donors (Lipinski definition) is 0. The van der Waals surface area contributed by atoms with Crippen LogP contribution in [0.4, 0.5) is 0 Å². The molecule has 20 heavy (non-hydrogen) atoms. The highest BCUT2D eigenvalue weighted by molar-refractivity contribution is 7.82. The van der Waals surface area contributed by atoms with Crippen LogP contribution in [-0.2, 0) is 14.6 Å². The average molecular weight is 292 g/mol. The van der Waals surface area contributed by atoms with Crippen molar-refractivity contribution in [3.05, 3.63) is 65.7 Å².